The molecule has 0 bridgehead atoms. The average molecular weight is 402 g/mol. The molecule has 0 saturated heterocycles. The second-order valence-electron chi connectivity index (χ2n) is 6.36. The first-order valence-corrected chi connectivity index (χ1v) is 10.2. The molecular weight excluding hydrogens is 380 g/mol. The van der Waals surface area contributed by atoms with Crippen LogP contribution in [-0.2, 0) is 14.8 Å². The zero-order valence-electron chi connectivity index (χ0n) is 15.6. The van der Waals surface area contributed by atoms with Crippen LogP contribution in [0.25, 0.3) is 6.08 Å². The Bertz CT molecular complexity index is 997. The summed E-state index contributed by atoms with van der Waals surface area (Å²) in [6.45, 7) is 0. The van der Waals surface area contributed by atoms with Gasteiger partial charge in [-0.1, -0.05) is 12.1 Å². The van der Waals surface area contributed by atoms with E-state index in [2.05, 4.69) is 10.0 Å². The van der Waals surface area contributed by atoms with Crippen LogP contribution in [0.5, 0.6) is 11.5 Å². The third kappa shape index (κ3) is 5.11. The highest BCUT2D eigenvalue weighted by molar-refractivity contribution is 7.89. The molecule has 0 radical (unpaired) electrons. The van der Waals surface area contributed by atoms with Gasteiger partial charge in [0.1, 0.15) is 0 Å². The van der Waals surface area contributed by atoms with Crippen molar-refractivity contribution >= 4 is 27.7 Å². The first kappa shape index (κ1) is 19.9. The quantitative estimate of drug-likeness (QED) is 0.662. The number of hydrogen-bond acceptors (Lipinski definition) is 5. The number of nitrogens with one attached hydrogen (secondary N) is 2. The molecule has 1 fully saturated rings. The van der Waals surface area contributed by atoms with Gasteiger partial charge < -0.3 is 14.8 Å². The third-order valence-corrected chi connectivity index (χ3v) is 5.66. The van der Waals surface area contributed by atoms with Crippen molar-refractivity contribution in [2.45, 2.75) is 23.8 Å². The fourth-order valence-corrected chi connectivity index (χ4v) is 3.89. The number of hydrogen-bond donors (Lipinski definition) is 2. The highest BCUT2D eigenvalue weighted by Gasteiger charge is 2.28. The molecule has 0 unspecified atom stereocenters. The van der Waals surface area contributed by atoms with Crippen LogP contribution < -0.4 is 19.5 Å². The van der Waals surface area contributed by atoms with Gasteiger partial charge >= 0.3 is 0 Å². The van der Waals surface area contributed by atoms with Gasteiger partial charge in [0.05, 0.1) is 19.1 Å². The fraction of sp³-hybridized carbons (Fsp3) is 0.250. The summed E-state index contributed by atoms with van der Waals surface area (Å²) in [6.07, 6.45) is 4.71. The predicted octanol–water partition coefficient (Wildman–Crippen LogP) is 2.80. The summed E-state index contributed by atoms with van der Waals surface area (Å²) in [5.74, 6) is 0.785. The van der Waals surface area contributed by atoms with E-state index in [1.165, 1.54) is 25.3 Å². The topological polar surface area (TPSA) is 93.7 Å². The Hall–Kier alpha value is -2.84. The van der Waals surface area contributed by atoms with Crippen molar-refractivity contribution in [3.63, 3.8) is 0 Å². The molecule has 1 saturated carbocycles. The Morgan fingerprint density at radius 3 is 2.50 bits per heavy atom. The molecule has 8 heteroatoms. The molecule has 148 valence electrons. The van der Waals surface area contributed by atoms with Crippen molar-refractivity contribution in [3.8, 4) is 11.5 Å². The molecule has 2 aromatic rings. The summed E-state index contributed by atoms with van der Waals surface area (Å²) in [7, 11) is -0.480. The van der Waals surface area contributed by atoms with Crippen LogP contribution in [0.2, 0.25) is 0 Å². The van der Waals surface area contributed by atoms with Crippen LogP contribution in [0.1, 0.15) is 18.4 Å². The second kappa shape index (κ2) is 8.45. The lowest BCUT2D eigenvalue weighted by Crippen LogP contribution is -2.25. The van der Waals surface area contributed by atoms with Gasteiger partial charge in [-0.05, 0) is 54.8 Å². The van der Waals surface area contributed by atoms with Crippen molar-refractivity contribution < 1.29 is 22.7 Å². The minimum Gasteiger partial charge on any atom is -0.493 e. The highest BCUT2D eigenvalue weighted by Crippen LogP contribution is 2.28. The number of benzene rings is 2. The molecule has 2 N–H and O–H groups in total. The van der Waals surface area contributed by atoms with Crippen LogP contribution in [0, 0.1) is 0 Å². The van der Waals surface area contributed by atoms with E-state index in [9.17, 15) is 13.2 Å². The highest BCUT2D eigenvalue weighted by atomic mass is 32.2. The first-order chi connectivity index (χ1) is 13.4. The van der Waals surface area contributed by atoms with Crippen molar-refractivity contribution in [2.75, 3.05) is 19.5 Å². The zero-order chi connectivity index (χ0) is 20.1. The number of methoxy groups -OCH3 is 2. The normalized spacial score (nSPS) is 14.1. The second-order valence-corrected chi connectivity index (χ2v) is 8.07. The molecule has 1 aliphatic rings. The van der Waals surface area contributed by atoms with Crippen molar-refractivity contribution in [3.05, 3.63) is 54.1 Å². The molecular formula is C20H22N2O5S. The molecule has 1 aliphatic carbocycles. The Morgan fingerprint density at radius 2 is 1.82 bits per heavy atom. The molecule has 0 aromatic heterocycles. The van der Waals surface area contributed by atoms with Gasteiger partial charge in [-0.2, -0.15) is 0 Å². The molecule has 0 heterocycles. The lowest BCUT2D eigenvalue weighted by Gasteiger charge is -2.08. The number of rotatable bonds is 8. The number of carbonyl (C=O) groups is 1. The van der Waals surface area contributed by atoms with Gasteiger partial charge in [0.15, 0.2) is 11.5 Å². The fourth-order valence-electron chi connectivity index (χ4n) is 2.54. The summed E-state index contributed by atoms with van der Waals surface area (Å²) in [6, 6.07) is 11.5. The van der Waals surface area contributed by atoms with E-state index in [1.54, 1.807) is 43.5 Å². The van der Waals surface area contributed by atoms with Crippen LogP contribution in [-0.4, -0.2) is 34.6 Å². The minimum absolute atomic E-state index is 0.0210. The van der Waals surface area contributed by atoms with E-state index in [0.29, 0.717) is 17.2 Å². The number of ether oxygens (including phenoxy) is 2. The smallest absolute Gasteiger partial charge is 0.248 e. The van der Waals surface area contributed by atoms with Crippen molar-refractivity contribution in [2.24, 2.45) is 0 Å². The van der Waals surface area contributed by atoms with E-state index in [4.69, 9.17) is 9.47 Å². The lowest BCUT2D eigenvalue weighted by atomic mass is 10.2. The van der Waals surface area contributed by atoms with E-state index < -0.39 is 10.0 Å². The SMILES string of the molecule is COc1ccc(/C=C/C(=O)Nc2cccc(S(=O)(=O)NC3CC3)c2)cc1OC. The van der Waals surface area contributed by atoms with Gasteiger partial charge in [0.2, 0.25) is 15.9 Å². The average Bonchev–Trinajstić information content (AvgIpc) is 3.49. The molecule has 7 nitrogen and oxygen atoms in total. The maximum atomic E-state index is 12.3. The van der Waals surface area contributed by atoms with Crippen LogP contribution >= 0.6 is 0 Å². The van der Waals surface area contributed by atoms with E-state index in [0.717, 1.165) is 18.4 Å². The molecule has 0 aliphatic heterocycles. The summed E-state index contributed by atoms with van der Waals surface area (Å²) in [5, 5.41) is 2.67. The molecule has 3 rings (SSSR count). The van der Waals surface area contributed by atoms with Crippen LogP contribution in [0.3, 0.4) is 0 Å². The minimum atomic E-state index is -3.57. The van der Waals surface area contributed by atoms with Gasteiger partial charge in [-0.15, -0.1) is 0 Å². The molecule has 1 amide bonds. The maximum Gasteiger partial charge on any atom is 0.248 e. The summed E-state index contributed by atoms with van der Waals surface area (Å²) in [5.41, 5.74) is 1.17. The van der Waals surface area contributed by atoms with Crippen LogP contribution in [0.15, 0.2) is 53.4 Å². The van der Waals surface area contributed by atoms with E-state index in [-0.39, 0.29) is 16.8 Å². The molecule has 0 atom stereocenters. The van der Waals surface area contributed by atoms with Crippen molar-refractivity contribution in [1.29, 1.82) is 0 Å². The maximum absolute atomic E-state index is 12.3. The Labute approximate surface area is 164 Å². The first-order valence-electron chi connectivity index (χ1n) is 8.75. The number of anilines is 1. The number of sulfonamides is 1. The van der Waals surface area contributed by atoms with E-state index in [1.807, 2.05) is 0 Å². The van der Waals surface area contributed by atoms with E-state index >= 15 is 0 Å². The van der Waals surface area contributed by atoms with Crippen LogP contribution in [0.4, 0.5) is 5.69 Å². The van der Waals surface area contributed by atoms with Gasteiger partial charge in [0, 0.05) is 17.8 Å². The number of amides is 1. The Morgan fingerprint density at radius 1 is 1.07 bits per heavy atom. The Balaban J connectivity index is 1.68. The Kier molecular flexibility index (Phi) is 6.01. The summed E-state index contributed by atoms with van der Waals surface area (Å²) >= 11 is 0. The molecule has 2 aromatic carbocycles. The number of carbonyl (C=O) groups excluding carboxylic acids is 1. The van der Waals surface area contributed by atoms with Gasteiger partial charge in [-0.3, -0.25) is 4.79 Å². The third-order valence-electron chi connectivity index (χ3n) is 4.15. The summed E-state index contributed by atoms with van der Waals surface area (Å²) < 4.78 is 37.6. The molecule has 28 heavy (non-hydrogen) atoms. The summed E-state index contributed by atoms with van der Waals surface area (Å²) in [4.78, 5) is 12.3. The van der Waals surface area contributed by atoms with Gasteiger partial charge in [-0.25, -0.2) is 13.1 Å². The standard InChI is InChI=1S/C20H22N2O5S/c1-26-18-10-6-14(12-19(18)27-2)7-11-20(23)21-16-4-3-5-17(13-16)28(24,25)22-15-8-9-15/h3-7,10-13,15,22H,8-9H2,1-2H3,(H,21,23)/b11-7+. The van der Waals surface area contributed by atoms with Crippen molar-refractivity contribution in [1.82, 2.24) is 4.72 Å². The largest absolute Gasteiger partial charge is 0.493 e. The zero-order valence-corrected chi connectivity index (χ0v) is 16.5. The predicted molar refractivity (Wildman–Crippen MR) is 107 cm³/mol. The lowest BCUT2D eigenvalue weighted by molar-refractivity contribution is -0.111. The van der Waals surface area contributed by atoms with Gasteiger partial charge in [0.25, 0.3) is 0 Å². The molecule has 0 spiro atoms. The monoisotopic (exact) mass is 402 g/mol.